The normalized spacial score (nSPS) is 22.9. The molecular weight excluding hydrogens is 200 g/mol. The SMILES string of the molecule is CCN1CC2(C1)CN(c1ncccc1N)C2. The van der Waals surface area contributed by atoms with E-state index in [9.17, 15) is 0 Å². The molecule has 4 nitrogen and oxygen atoms in total. The molecule has 0 bridgehead atoms. The molecule has 0 unspecified atom stereocenters. The lowest BCUT2D eigenvalue weighted by Gasteiger charge is -2.60. The molecule has 1 spiro atoms. The fraction of sp³-hybridized carbons (Fsp3) is 0.583. The van der Waals surface area contributed by atoms with Crippen LogP contribution in [0.25, 0.3) is 0 Å². The predicted molar refractivity (Wildman–Crippen MR) is 65.4 cm³/mol. The van der Waals surface area contributed by atoms with E-state index in [0.717, 1.165) is 24.6 Å². The van der Waals surface area contributed by atoms with Crippen LogP contribution in [0.1, 0.15) is 6.92 Å². The molecular formula is C12H18N4. The van der Waals surface area contributed by atoms with E-state index in [1.54, 1.807) is 0 Å². The van der Waals surface area contributed by atoms with E-state index in [-0.39, 0.29) is 0 Å². The lowest BCUT2D eigenvalue weighted by molar-refractivity contribution is -0.0180. The Balaban J connectivity index is 1.64. The molecule has 2 aliphatic rings. The molecule has 0 radical (unpaired) electrons. The lowest BCUT2D eigenvalue weighted by Crippen LogP contribution is -2.72. The number of pyridine rings is 1. The van der Waals surface area contributed by atoms with Gasteiger partial charge in [0, 0.05) is 37.8 Å². The molecule has 4 heteroatoms. The van der Waals surface area contributed by atoms with Crippen molar-refractivity contribution in [1.29, 1.82) is 0 Å². The minimum atomic E-state index is 0.542. The molecule has 86 valence electrons. The van der Waals surface area contributed by atoms with Gasteiger partial charge in [0.25, 0.3) is 0 Å². The summed E-state index contributed by atoms with van der Waals surface area (Å²) in [4.78, 5) is 9.13. The molecule has 3 heterocycles. The number of likely N-dealkylation sites (tertiary alicyclic amines) is 1. The van der Waals surface area contributed by atoms with Crippen LogP contribution in [0.2, 0.25) is 0 Å². The number of nitrogen functional groups attached to an aromatic ring is 1. The summed E-state index contributed by atoms with van der Waals surface area (Å²) in [6, 6.07) is 3.81. The van der Waals surface area contributed by atoms with E-state index in [1.165, 1.54) is 19.6 Å². The summed E-state index contributed by atoms with van der Waals surface area (Å²) in [5.41, 5.74) is 7.25. The third-order valence-corrected chi connectivity index (χ3v) is 3.73. The van der Waals surface area contributed by atoms with Gasteiger partial charge < -0.3 is 15.5 Å². The minimum Gasteiger partial charge on any atom is -0.396 e. The largest absolute Gasteiger partial charge is 0.396 e. The highest BCUT2D eigenvalue weighted by Crippen LogP contribution is 2.42. The second kappa shape index (κ2) is 3.35. The smallest absolute Gasteiger partial charge is 0.151 e. The Kier molecular flexibility index (Phi) is 2.07. The van der Waals surface area contributed by atoms with Crippen molar-refractivity contribution in [3.8, 4) is 0 Å². The molecule has 1 aromatic heterocycles. The van der Waals surface area contributed by atoms with Crippen LogP contribution < -0.4 is 10.6 Å². The van der Waals surface area contributed by atoms with Crippen LogP contribution in [-0.4, -0.2) is 42.6 Å². The van der Waals surface area contributed by atoms with Crippen LogP contribution in [0.5, 0.6) is 0 Å². The fourth-order valence-electron chi connectivity index (χ4n) is 2.91. The standard InChI is InChI=1S/C12H18N4/c1-2-15-6-12(7-15)8-16(9-12)11-10(13)4-3-5-14-11/h3-5H,2,6-9,13H2,1H3. The zero-order valence-corrected chi connectivity index (χ0v) is 9.69. The van der Waals surface area contributed by atoms with E-state index < -0.39 is 0 Å². The first-order chi connectivity index (χ1) is 7.72. The van der Waals surface area contributed by atoms with Gasteiger partial charge in [-0.2, -0.15) is 0 Å². The van der Waals surface area contributed by atoms with Gasteiger partial charge in [-0.05, 0) is 18.7 Å². The van der Waals surface area contributed by atoms with Crippen molar-refractivity contribution < 1.29 is 0 Å². The highest BCUT2D eigenvalue weighted by molar-refractivity contribution is 5.64. The van der Waals surface area contributed by atoms with Gasteiger partial charge in [-0.25, -0.2) is 4.98 Å². The van der Waals surface area contributed by atoms with Crippen molar-refractivity contribution in [3.05, 3.63) is 18.3 Å². The molecule has 1 aromatic rings. The van der Waals surface area contributed by atoms with Gasteiger partial charge >= 0.3 is 0 Å². The van der Waals surface area contributed by atoms with Gasteiger partial charge in [0.15, 0.2) is 5.82 Å². The zero-order chi connectivity index (χ0) is 11.2. The molecule has 0 aliphatic carbocycles. The Morgan fingerprint density at radius 1 is 1.38 bits per heavy atom. The molecule has 0 aromatic carbocycles. The maximum Gasteiger partial charge on any atom is 0.151 e. The van der Waals surface area contributed by atoms with Gasteiger partial charge in [-0.1, -0.05) is 6.92 Å². The third-order valence-electron chi connectivity index (χ3n) is 3.73. The second-order valence-electron chi connectivity index (χ2n) is 5.08. The van der Waals surface area contributed by atoms with Crippen molar-refractivity contribution in [3.63, 3.8) is 0 Å². The lowest BCUT2D eigenvalue weighted by atomic mass is 9.73. The molecule has 0 amide bonds. The number of hydrogen-bond acceptors (Lipinski definition) is 4. The Morgan fingerprint density at radius 3 is 2.75 bits per heavy atom. The number of nitrogens with zero attached hydrogens (tertiary/aromatic N) is 3. The van der Waals surface area contributed by atoms with Crippen molar-refractivity contribution in [1.82, 2.24) is 9.88 Å². The van der Waals surface area contributed by atoms with Gasteiger partial charge in [-0.15, -0.1) is 0 Å². The average Bonchev–Trinajstić information content (AvgIpc) is 2.16. The summed E-state index contributed by atoms with van der Waals surface area (Å²) in [5.74, 6) is 0.961. The monoisotopic (exact) mass is 218 g/mol. The number of rotatable bonds is 2. The summed E-state index contributed by atoms with van der Waals surface area (Å²) in [6.45, 7) is 8.11. The number of aromatic nitrogens is 1. The maximum atomic E-state index is 5.92. The first-order valence-electron chi connectivity index (χ1n) is 5.90. The van der Waals surface area contributed by atoms with E-state index in [2.05, 4.69) is 21.7 Å². The van der Waals surface area contributed by atoms with Crippen LogP contribution in [0.4, 0.5) is 11.5 Å². The van der Waals surface area contributed by atoms with Crippen LogP contribution >= 0.6 is 0 Å². The van der Waals surface area contributed by atoms with E-state index >= 15 is 0 Å². The Morgan fingerprint density at radius 2 is 2.12 bits per heavy atom. The summed E-state index contributed by atoms with van der Waals surface area (Å²) < 4.78 is 0. The topological polar surface area (TPSA) is 45.4 Å². The third kappa shape index (κ3) is 1.37. The van der Waals surface area contributed by atoms with E-state index in [1.807, 2.05) is 18.3 Å². The summed E-state index contributed by atoms with van der Waals surface area (Å²) in [7, 11) is 0. The molecule has 0 atom stereocenters. The Labute approximate surface area is 96.1 Å². The summed E-state index contributed by atoms with van der Waals surface area (Å²) in [6.07, 6.45) is 1.82. The summed E-state index contributed by atoms with van der Waals surface area (Å²) >= 11 is 0. The molecule has 0 saturated carbocycles. The highest BCUT2D eigenvalue weighted by atomic mass is 15.3. The molecule has 2 N–H and O–H groups in total. The predicted octanol–water partition coefficient (Wildman–Crippen LogP) is 0.806. The van der Waals surface area contributed by atoms with Crippen molar-refractivity contribution in [2.75, 3.05) is 43.4 Å². The van der Waals surface area contributed by atoms with Crippen LogP contribution in [0.3, 0.4) is 0 Å². The Hall–Kier alpha value is -1.29. The molecule has 2 saturated heterocycles. The van der Waals surface area contributed by atoms with Gasteiger partial charge in [0.05, 0.1) is 5.69 Å². The van der Waals surface area contributed by atoms with Gasteiger partial charge in [0.1, 0.15) is 0 Å². The number of nitrogens with two attached hydrogens (primary N) is 1. The second-order valence-corrected chi connectivity index (χ2v) is 5.08. The van der Waals surface area contributed by atoms with Crippen LogP contribution in [0, 0.1) is 5.41 Å². The van der Waals surface area contributed by atoms with Crippen LogP contribution in [-0.2, 0) is 0 Å². The van der Waals surface area contributed by atoms with Crippen molar-refractivity contribution >= 4 is 11.5 Å². The first-order valence-corrected chi connectivity index (χ1v) is 5.90. The number of hydrogen-bond donors (Lipinski definition) is 1. The maximum absolute atomic E-state index is 5.92. The van der Waals surface area contributed by atoms with E-state index in [0.29, 0.717) is 5.41 Å². The fourth-order valence-corrected chi connectivity index (χ4v) is 2.91. The molecule has 3 rings (SSSR count). The summed E-state index contributed by atoms with van der Waals surface area (Å²) in [5, 5.41) is 0. The Bertz CT molecular complexity index is 390. The van der Waals surface area contributed by atoms with Crippen LogP contribution in [0.15, 0.2) is 18.3 Å². The van der Waals surface area contributed by atoms with Gasteiger partial charge in [0.2, 0.25) is 0 Å². The number of anilines is 2. The van der Waals surface area contributed by atoms with Crippen molar-refractivity contribution in [2.24, 2.45) is 5.41 Å². The van der Waals surface area contributed by atoms with Crippen molar-refractivity contribution in [2.45, 2.75) is 6.92 Å². The van der Waals surface area contributed by atoms with Gasteiger partial charge in [-0.3, -0.25) is 0 Å². The highest BCUT2D eigenvalue weighted by Gasteiger charge is 2.51. The zero-order valence-electron chi connectivity index (χ0n) is 9.69. The quantitative estimate of drug-likeness (QED) is 0.797. The van der Waals surface area contributed by atoms with E-state index in [4.69, 9.17) is 5.73 Å². The molecule has 2 fully saturated rings. The molecule has 16 heavy (non-hydrogen) atoms. The molecule has 2 aliphatic heterocycles. The first kappa shape index (κ1) is 9.90. The average molecular weight is 218 g/mol. The minimum absolute atomic E-state index is 0.542.